The zero-order chi connectivity index (χ0) is 39.1. The third kappa shape index (κ3) is 14.3. The van der Waals surface area contributed by atoms with Crippen molar-refractivity contribution in [2.45, 2.75) is 124 Å². The number of aliphatic imine (C=N–C) groups is 2. The fourth-order valence-electron chi connectivity index (χ4n) is 7.44. The molecule has 2 nitrogen and oxygen atoms in total. The van der Waals surface area contributed by atoms with Gasteiger partial charge in [0.25, 0.3) is 0 Å². The fourth-order valence-corrected chi connectivity index (χ4v) is 7.44. The molecule has 0 radical (unpaired) electrons. The van der Waals surface area contributed by atoms with Crippen molar-refractivity contribution >= 4 is 33.0 Å². The minimum atomic E-state index is 0.810. The molecular formula is C51H62ClN2Ni. The van der Waals surface area contributed by atoms with Crippen LogP contribution in [-0.2, 0) is 27.4 Å². The first-order valence-corrected chi connectivity index (χ1v) is 22.2. The Morgan fingerprint density at radius 1 is 0.473 bits per heavy atom. The monoisotopic (exact) mass is 795 g/mol. The summed E-state index contributed by atoms with van der Waals surface area (Å²) in [6.07, 6.45) is 18.5. The van der Waals surface area contributed by atoms with Crippen LogP contribution in [0.15, 0.2) is 131 Å². The standard InChI is InChI=1S/C51H62N2.ClH.Ni/c1-5-8-10-12-14-19-27-41-35-45(42-28-20-16-21-29-42)37-46(36-41)53-51(7-3)40(4)52-47-38-49(43-30-22-17-23-31-43)48(34-26-15-13-11-9-6-2)50(39-47)44-32-24-18-25-33-44;;/h16-18,20-25,28-33,35-39H,5-15,19,26-27,34H2,1-4H3;1H;/q;;+1/p-1. The van der Waals surface area contributed by atoms with E-state index < -0.39 is 0 Å². The zero-order valence-corrected chi connectivity index (χ0v) is 35.5. The van der Waals surface area contributed by atoms with Crippen LogP contribution in [0.2, 0.25) is 0 Å². The van der Waals surface area contributed by atoms with Gasteiger partial charge in [0, 0.05) is 0 Å². The molecule has 5 rings (SSSR count). The number of rotatable bonds is 21. The van der Waals surface area contributed by atoms with E-state index in [1.54, 1.807) is 0 Å². The molecule has 293 valence electrons. The molecule has 0 saturated carbocycles. The Morgan fingerprint density at radius 3 is 1.44 bits per heavy atom. The van der Waals surface area contributed by atoms with Crippen LogP contribution in [0.4, 0.5) is 11.4 Å². The van der Waals surface area contributed by atoms with E-state index in [1.807, 2.05) is 0 Å². The first-order chi connectivity index (χ1) is 27.1. The number of benzene rings is 5. The number of nitrogens with zero attached hydrogens (tertiary/aromatic N) is 2. The van der Waals surface area contributed by atoms with Gasteiger partial charge in [-0.2, -0.15) is 0 Å². The van der Waals surface area contributed by atoms with E-state index in [4.69, 9.17) is 9.98 Å². The van der Waals surface area contributed by atoms with E-state index in [-0.39, 0.29) is 0 Å². The van der Waals surface area contributed by atoms with Crippen LogP contribution in [0.1, 0.15) is 122 Å². The molecule has 0 aromatic heterocycles. The van der Waals surface area contributed by atoms with Gasteiger partial charge >= 0.3 is 24.8 Å². The van der Waals surface area contributed by atoms with Gasteiger partial charge < -0.3 is 0 Å². The number of hydrogen-bond donors (Lipinski definition) is 0. The van der Waals surface area contributed by atoms with Gasteiger partial charge in [0.1, 0.15) is 0 Å². The summed E-state index contributed by atoms with van der Waals surface area (Å²) in [5, 5.41) is 0. The molecule has 0 bridgehead atoms. The summed E-state index contributed by atoms with van der Waals surface area (Å²) in [5.41, 5.74) is 14.3. The maximum absolute atomic E-state index is 5.34. The van der Waals surface area contributed by atoms with Crippen molar-refractivity contribution in [2.24, 2.45) is 9.98 Å². The Balaban J connectivity index is 0.00000331. The van der Waals surface area contributed by atoms with Crippen molar-refractivity contribution in [1.82, 2.24) is 0 Å². The fraction of sp³-hybridized carbons (Fsp3) is 0.373. The SMILES string of the molecule is CCCCCCCCc1cc(N=C(CC)C(C)=Nc2cc(-c3ccccc3)c(CCCCCCCC)c(-c3ccccc3)c2)cc(-c2ccccc2)c1.[Cl][Ni]. The first kappa shape index (κ1) is 43.9. The van der Waals surface area contributed by atoms with E-state index in [0.717, 1.165) is 42.1 Å². The molecule has 0 atom stereocenters. The Bertz CT molecular complexity index is 1820. The summed E-state index contributed by atoms with van der Waals surface area (Å²) < 4.78 is 0. The average molecular weight is 797 g/mol. The quantitative estimate of drug-likeness (QED) is 0.0401. The van der Waals surface area contributed by atoms with Crippen LogP contribution in [0.5, 0.6) is 0 Å². The molecule has 0 saturated heterocycles. The van der Waals surface area contributed by atoms with Gasteiger partial charge in [-0.15, -0.1) is 0 Å². The topological polar surface area (TPSA) is 24.7 Å². The van der Waals surface area contributed by atoms with Gasteiger partial charge in [0.05, 0.1) is 22.8 Å². The molecular weight excluding hydrogens is 735 g/mol. The zero-order valence-electron chi connectivity index (χ0n) is 33.7. The van der Waals surface area contributed by atoms with Crippen molar-refractivity contribution in [1.29, 1.82) is 0 Å². The summed E-state index contributed by atoms with van der Waals surface area (Å²) in [6.45, 7) is 8.90. The Hall–Kier alpha value is -3.78. The van der Waals surface area contributed by atoms with E-state index in [0.29, 0.717) is 0 Å². The average Bonchev–Trinajstić information content (AvgIpc) is 3.24. The van der Waals surface area contributed by atoms with E-state index in [2.05, 4.69) is 174 Å². The van der Waals surface area contributed by atoms with Crippen LogP contribution in [0.25, 0.3) is 33.4 Å². The molecule has 0 N–H and O–H groups in total. The van der Waals surface area contributed by atoms with Crippen molar-refractivity contribution < 1.29 is 14.6 Å². The Labute approximate surface area is 345 Å². The van der Waals surface area contributed by atoms with Gasteiger partial charge in [-0.05, 0) is 108 Å². The molecule has 0 fully saturated rings. The summed E-state index contributed by atoms with van der Waals surface area (Å²) in [7, 11) is 4.26. The van der Waals surface area contributed by atoms with E-state index >= 15 is 0 Å². The van der Waals surface area contributed by atoms with Gasteiger partial charge in [0.15, 0.2) is 0 Å². The van der Waals surface area contributed by atoms with Crippen LogP contribution in [0, 0.1) is 0 Å². The van der Waals surface area contributed by atoms with Crippen LogP contribution >= 0.6 is 10.2 Å². The summed E-state index contributed by atoms with van der Waals surface area (Å²) in [5.74, 6) is 0. The Kier molecular flexibility index (Phi) is 20.3. The molecule has 5 aromatic rings. The van der Waals surface area contributed by atoms with Gasteiger partial charge in [0.2, 0.25) is 0 Å². The van der Waals surface area contributed by atoms with Crippen LogP contribution in [0.3, 0.4) is 0 Å². The van der Waals surface area contributed by atoms with Gasteiger partial charge in [-0.25, -0.2) is 0 Å². The maximum atomic E-state index is 5.34. The van der Waals surface area contributed by atoms with E-state index in [9.17, 15) is 0 Å². The molecule has 55 heavy (non-hydrogen) atoms. The second kappa shape index (κ2) is 25.4. The third-order valence-corrected chi connectivity index (χ3v) is 10.4. The van der Waals surface area contributed by atoms with Crippen molar-refractivity contribution in [3.05, 3.63) is 132 Å². The summed E-state index contributed by atoms with van der Waals surface area (Å²) >= 11 is 3.35. The molecule has 0 aliphatic carbocycles. The molecule has 4 heteroatoms. The van der Waals surface area contributed by atoms with Crippen molar-refractivity contribution in [3.63, 3.8) is 0 Å². The van der Waals surface area contributed by atoms with Crippen molar-refractivity contribution in [2.75, 3.05) is 0 Å². The summed E-state index contributed by atoms with van der Waals surface area (Å²) in [6, 6.07) is 44.1. The number of unbranched alkanes of at least 4 members (excludes halogenated alkanes) is 10. The molecule has 0 amide bonds. The number of aryl methyl sites for hydroxylation is 1. The summed E-state index contributed by atoms with van der Waals surface area (Å²) in [4.78, 5) is 10.7. The predicted molar refractivity (Wildman–Crippen MR) is 239 cm³/mol. The third-order valence-electron chi connectivity index (χ3n) is 10.4. The van der Waals surface area contributed by atoms with Crippen LogP contribution in [-0.4, -0.2) is 11.4 Å². The van der Waals surface area contributed by atoms with Crippen molar-refractivity contribution in [3.8, 4) is 33.4 Å². The molecule has 5 aromatic carbocycles. The van der Waals surface area contributed by atoms with Gasteiger partial charge in [-0.3, -0.25) is 9.98 Å². The minimum absolute atomic E-state index is 0.810. The predicted octanol–water partition coefficient (Wildman–Crippen LogP) is 16.5. The van der Waals surface area contributed by atoms with E-state index in [1.165, 1.54) is 122 Å². The second-order valence-electron chi connectivity index (χ2n) is 14.7. The molecule has 0 heterocycles. The molecule has 0 aliphatic rings. The van der Waals surface area contributed by atoms with Crippen LogP contribution < -0.4 is 0 Å². The molecule has 0 aliphatic heterocycles. The number of halogens is 1. The Morgan fingerprint density at radius 2 is 0.927 bits per heavy atom. The molecule has 0 spiro atoms. The molecule has 0 unspecified atom stereocenters. The normalized spacial score (nSPS) is 11.7. The number of hydrogen-bond acceptors (Lipinski definition) is 2. The van der Waals surface area contributed by atoms with Gasteiger partial charge in [-0.1, -0.05) is 182 Å². The second-order valence-corrected chi connectivity index (χ2v) is 14.7. The first-order valence-electron chi connectivity index (χ1n) is 20.8.